The van der Waals surface area contributed by atoms with Gasteiger partial charge in [-0.3, -0.25) is 0 Å². The summed E-state index contributed by atoms with van der Waals surface area (Å²) < 4.78 is 24.8. The third-order valence-electron chi connectivity index (χ3n) is 1.33. The van der Waals surface area contributed by atoms with Crippen molar-refractivity contribution < 1.29 is 8.78 Å². The van der Waals surface area contributed by atoms with Crippen LogP contribution in [0.5, 0.6) is 0 Å². The summed E-state index contributed by atoms with van der Waals surface area (Å²) in [6, 6.07) is 2.88. The predicted octanol–water partition coefficient (Wildman–Crippen LogP) is 3.09. The van der Waals surface area contributed by atoms with Crippen molar-refractivity contribution in [3.05, 3.63) is 28.0 Å². The Bertz CT molecular complexity index is 263. The molecule has 1 rings (SSSR count). The Hall–Kier alpha value is -0.510. The van der Waals surface area contributed by atoms with Crippen molar-refractivity contribution in [2.45, 2.75) is 13.3 Å². The van der Waals surface area contributed by atoms with Crippen LogP contribution in [-0.2, 0) is 0 Å². The lowest BCUT2D eigenvalue weighted by Gasteiger charge is -2.02. The second kappa shape index (κ2) is 3.26. The third kappa shape index (κ3) is 1.96. The molecule has 1 heterocycles. The lowest BCUT2D eigenvalue weighted by molar-refractivity contribution is 0.150. The quantitative estimate of drug-likeness (QED) is 0.665. The molecule has 1 aromatic heterocycles. The molecule has 0 unspecified atom stereocenters. The Kier molecular flexibility index (Phi) is 2.54. The summed E-state index contributed by atoms with van der Waals surface area (Å²) in [6.45, 7) is 1.56. The van der Waals surface area contributed by atoms with Crippen LogP contribution in [0.4, 0.5) is 8.78 Å². The van der Waals surface area contributed by atoms with Crippen molar-refractivity contribution in [3.8, 4) is 0 Å². The predicted molar refractivity (Wildman–Crippen MR) is 41.6 cm³/mol. The van der Waals surface area contributed by atoms with Gasteiger partial charge < -0.3 is 0 Å². The summed E-state index contributed by atoms with van der Waals surface area (Å²) in [5.74, 6) is 0. The number of halogens is 3. The molecule has 0 aromatic carbocycles. The highest BCUT2D eigenvalue weighted by atomic mass is 79.9. The van der Waals surface area contributed by atoms with E-state index in [4.69, 9.17) is 0 Å². The van der Waals surface area contributed by atoms with E-state index in [2.05, 4.69) is 20.9 Å². The third-order valence-corrected chi connectivity index (χ3v) is 1.77. The van der Waals surface area contributed by atoms with Gasteiger partial charge >= 0.3 is 0 Å². The van der Waals surface area contributed by atoms with E-state index >= 15 is 0 Å². The van der Waals surface area contributed by atoms with Crippen LogP contribution in [0.2, 0.25) is 0 Å². The first-order valence-electron chi connectivity index (χ1n) is 3.02. The molecule has 0 saturated carbocycles. The minimum Gasteiger partial charge on any atom is -0.246 e. The number of nitrogens with zero attached hydrogens (tertiary/aromatic N) is 1. The molecular formula is C7H6BrF2N. The van der Waals surface area contributed by atoms with E-state index in [1.807, 2.05) is 0 Å². The highest BCUT2D eigenvalue weighted by Crippen LogP contribution is 2.22. The first-order chi connectivity index (χ1) is 5.11. The molecule has 0 amide bonds. The zero-order valence-electron chi connectivity index (χ0n) is 5.81. The van der Waals surface area contributed by atoms with Crippen LogP contribution >= 0.6 is 15.9 Å². The summed E-state index contributed by atoms with van der Waals surface area (Å²) in [7, 11) is 0. The van der Waals surface area contributed by atoms with Crippen molar-refractivity contribution >= 4 is 15.9 Å². The van der Waals surface area contributed by atoms with Crippen LogP contribution in [0.1, 0.15) is 17.7 Å². The normalized spacial score (nSPS) is 10.6. The first kappa shape index (κ1) is 8.59. The van der Waals surface area contributed by atoms with Gasteiger partial charge in [0, 0.05) is 11.3 Å². The molecule has 0 spiro atoms. The van der Waals surface area contributed by atoms with Crippen LogP contribution in [0, 0.1) is 6.92 Å². The molecule has 1 nitrogen and oxygen atoms in total. The number of rotatable bonds is 1. The minimum absolute atomic E-state index is 0.00630. The van der Waals surface area contributed by atoms with Gasteiger partial charge in [-0.05, 0) is 35.0 Å². The van der Waals surface area contributed by atoms with Gasteiger partial charge in [-0.15, -0.1) is 0 Å². The van der Waals surface area contributed by atoms with Gasteiger partial charge in [0.2, 0.25) is 0 Å². The average molecular weight is 222 g/mol. The number of pyridine rings is 1. The summed E-state index contributed by atoms with van der Waals surface area (Å²) >= 11 is 3.09. The second-order valence-corrected chi connectivity index (χ2v) is 2.92. The number of aromatic nitrogens is 1. The van der Waals surface area contributed by atoms with E-state index in [1.54, 1.807) is 6.92 Å². The Balaban J connectivity index is 3.09. The molecule has 0 aliphatic carbocycles. The van der Waals surface area contributed by atoms with E-state index in [0.29, 0.717) is 10.3 Å². The highest BCUT2D eigenvalue weighted by Gasteiger charge is 2.10. The number of hydrogen-bond donors (Lipinski definition) is 0. The lowest BCUT2D eigenvalue weighted by Crippen LogP contribution is -1.92. The second-order valence-electron chi connectivity index (χ2n) is 2.11. The van der Waals surface area contributed by atoms with Gasteiger partial charge in [-0.2, -0.15) is 0 Å². The zero-order valence-corrected chi connectivity index (χ0v) is 7.40. The van der Waals surface area contributed by atoms with Gasteiger partial charge in [-0.1, -0.05) is 0 Å². The molecule has 0 atom stereocenters. The fourth-order valence-electron chi connectivity index (χ4n) is 0.772. The zero-order chi connectivity index (χ0) is 8.43. The molecule has 11 heavy (non-hydrogen) atoms. The number of alkyl halides is 2. The molecule has 0 aliphatic rings. The van der Waals surface area contributed by atoms with Gasteiger partial charge in [0.15, 0.2) is 0 Å². The maximum absolute atomic E-state index is 12.1. The molecule has 1 aromatic rings. The maximum atomic E-state index is 12.1. The van der Waals surface area contributed by atoms with E-state index in [9.17, 15) is 8.78 Å². The summed E-state index contributed by atoms with van der Waals surface area (Å²) in [4.78, 5) is 3.83. The summed E-state index contributed by atoms with van der Waals surface area (Å²) in [5, 5.41) is 0. The monoisotopic (exact) mass is 221 g/mol. The van der Waals surface area contributed by atoms with E-state index in [0.717, 1.165) is 0 Å². The number of aryl methyl sites for hydroxylation is 1. The molecular weight excluding hydrogens is 216 g/mol. The topological polar surface area (TPSA) is 12.9 Å². The molecule has 0 aliphatic heterocycles. The van der Waals surface area contributed by atoms with Gasteiger partial charge in [0.1, 0.15) is 4.60 Å². The Morgan fingerprint density at radius 3 is 2.55 bits per heavy atom. The van der Waals surface area contributed by atoms with Crippen molar-refractivity contribution in [1.82, 2.24) is 4.98 Å². The largest absolute Gasteiger partial charge is 0.265 e. The van der Waals surface area contributed by atoms with Crippen LogP contribution in [0.15, 0.2) is 16.7 Å². The molecule has 0 bridgehead atoms. The Labute approximate surface area is 71.6 Å². The van der Waals surface area contributed by atoms with Crippen molar-refractivity contribution in [3.63, 3.8) is 0 Å². The van der Waals surface area contributed by atoms with Gasteiger partial charge in [-0.25, -0.2) is 13.8 Å². The molecule has 0 N–H and O–H groups in total. The SMILES string of the molecule is Cc1nc(Br)ccc1C(F)F. The smallest absolute Gasteiger partial charge is 0.246 e. The molecule has 0 saturated heterocycles. The first-order valence-corrected chi connectivity index (χ1v) is 3.81. The molecule has 60 valence electrons. The van der Waals surface area contributed by atoms with Crippen LogP contribution in [0.25, 0.3) is 0 Å². The van der Waals surface area contributed by atoms with E-state index in [-0.39, 0.29) is 5.56 Å². The Morgan fingerprint density at radius 1 is 1.45 bits per heavy atom. The van der Waals surface area contributed by atoms with Crippen LogP contribution < -0.4 is 0 Å². The fraction of sp³-hybridized carbons (Fsp3) is 0.286. The fourth-order valence-corrected chi connectivity index (χ4v) is 1.17. The van der Waals surface area contributed by atoms with Crippen LogP contribution in [-0.4, -0.2) is 4.98 Å². The van der Waals surface area contributed by atoms with Crippen molar-refractivity contribution in [2.24, 2.45) is 0 Å². The van der Waals surface area contributed by atoms with Crippen molar-refractivity contribution in [1.29, 1.82) is 0 Å². The van der Waals surface area contributed by atoms with E-state index in [1.165, 1.54) is 12.1 Å². The van der Waals surface area contributed by atoms with E-state index < -0.39 is 6.43 Å². The maximum Gasteiger partial charge on any atom is 0.265 e. The van der Waals surface area contributed by atoms with Crippen LogP contribution in [0.3, 0.4) is 0 Å². The molecule has 0 radical (unpaired) electrons. The Morgan fingerprint density at radius 2 is 2.09 bits per heavy atom. The minimum atomic E-state index is -2.43. The average Bonchev–Trinajstić information content (AvgIpc) is 1.85. The summed E-state index contributed by atoms with van der Waals surface area (Å²) in [5.41, 5.74) is 0.363. The number of hydrogen-bond acceptors (Lipinski definition) is 1. The standard InChI is InChI=1S/C7H6BrF2N/c1-4-5(7(9)10)2-3-6(8)11-4/h2-3,7H,1H3. The van der Waals surface area contributed by atoms with Crippen molar-refractivity contribution in [2.75, 3.05) is 0 Å². The summed E-state index contributed by atoms with van der Waals surface area (Å²) in [6.07, 6.45) is -2.43. The molecule has 0 fully saturated rings. The van der Waals surface area contributed by atoms with Gasteiger partial charge in [0.05, 0.1) is 0 Å². The molecule has 4 heteroatoms. The highest BCUT2D eigenvalue weighted by molar-refractivity contribution is 9.10. The lowest BCUT2D eigenvalue weighted by atomic mass is 10.2. The van der Waals surface area contributed by atoms with Gasteiger partial charge in [0.25, 0.3) is 6.43 Å².